The molecule has 1 saturated carbocycles. The van der Waals surface area contributed by atoms with Crippen LogP contribution in [0.3, 0.4) is 0 Å². The van der Waals surface area contributed by atoms with Gasteiger partial charge in [0.15, 0.2) is 0 Å². The van der Waals surface area contributed by atoms with Gasteiger partial charge in [-0.25, -0.2) is 4.68 Å². The van der Waals surface area contributed by atoms with Crippen molar-refractivity contribution in [3.8, 4) is 0 Å². The van der Waals surface area contributed by atoms with Crippen LogP contribution in [0.15, 0.2) is 6.07 Å². The van der Waals surface area contributed by atoms with E-state index in [4.69, 9.17) is 16.2 Å². The zero-order valence-electron chi connectivity index (χ0n) is 14.6. The number of nitrogens with zero attached hydrogens (tertiary/aromatic N) is 3. The van der Waals surface area contributed by atoms with Gasteiger partial charge in [-0.1, -0.05) is 0 Å². The number of nitrogens with two attached hydrogens (primary N) is 2. The van der Waals surface area contributed by atoms with E-state index < -0.39 is 0 Å². The number of carbonyl (C=O) groups is 1. The molecule has 1 amide bonds. The lowest BCUT2D eigenvalue weighted by Gasteiger charge is -2.56. The van der Waals surface area contributed by atoms with Crippen molar-refractivity contribution in [2.75, 3.05) is 32.0 Å². The standard InChI is InChI=1S/C16H27N5O3.ClH/c1-11-8-14(18)21(19-11)10-15(23)20-5-2-16(3-6-20)12(22)9-13(16)24-7-4-17;/h8,12-13,22H,2-7,9-10,17-18H2,1H3;1H/t12-,13+;/m1./s1. The molecule has 2 heterocycles. The van der Waals surface area contributed by atoms with Crippen molar-refractivity contribution in [2.45, 2.75) is 44.9 Å². The van der Waals surface area contributed by atoms with E-state index in [-0.39, 0.29) is 42.5 Å². The van der Waals surface area contributed by atoms with E-state index in [1.54, 1.807) is 6.07 Å². The minimum absolute atomic E-state index is 0. The van der Waals surface area contributed by atoms with E-state index in [1.165, 1.54) is 4.68 Å². The molecule has 2 atom stereocenters. The molecule has 9 heteroatoms. The van der Waals surface area contributed by atoms with Gasteiger partial charge in [-0.2, -0.15) is 5.10 Å². The Morgan fingerprint density at radius 2 is 2.16 bits per heavy atom. The number of aliphatic hydroxyl groups is 1. The molecule has 142 valence electrons. The Bertz CT molecular complexity index is 601. The zero-order chi connectivity index (χ0) is 17.3. The average Bonchev–Trinajstić information content (AvgIpc) is 2.88. The Morgan fingerprint density at radius 3 is 2.68 bits per heavy atom. The van der Waals surface area contributed by atoms with Gasteiger partial charge in [0.05, 0.1) is 24.5 Å². The molecule has 0 bridgehead atoms. The number of aliphatic hydroxyl groups excluding tert-OH is 1. The first kappa shape index (κ1) is 20.0. The summed E-state index contributed by atoms with van der Waals surface area (Å²) in [4.78, 5) is 14.3. The summed E-state index contributed by atoms with van der Waals surface area (Å²) in [5.41, 5.74) is 11.9. The number of likely N-dealkylation sites (tertiary alicyclic amines) is 1. The molecule has 2 aliphatic rings. The molecule has 1 aliphatic heterocycles. The predicted molar refractivity (Wildman–Crippen MR) is 96.3 cm³/mol. The third-order valence-electron chi connectivity index (χ3n) is 5.44. The highest BCUT2D eigenvalue weighted by atomic mass is 35.5. The molecule has 3 rings (SSSR count). The van der Waals surface area contributed by atoms with Crippen LogP contribution < -0.4 is 11.5 Å². The van der Waals surface area contributed by atoms with Crippen molar-refractivity contribution in [1.29, 1.82) is 0 Å². The maximum atomic E-state index is 12.5. The summed E-state index contributed by atoms with van der Waals surface area (Å²) in [6, 6.07) is 1.75. The van der Waals surface area contributed by atoms with Crippen LogP contribution in [0.4, 0.5) is 5.82 Å². The van der Waals surface area contributed by atoms with E-state index >= 15 is 0 Å². The third-order valence-corrected chi connectivity index (χ3v) is 5.44. The Labute approximate surface area is 153 Å². The van der Waals surface area contributed by atoms with Crippen molar-refractivity contribution in [3.63, 3.8) is 0 Å². The fourth-order valence-electron chi connectivity index (χ4n) is 3.92. The summed E-state index contributed by atoms with van der Waals surface area (Å²) in [5.74, 6) is 0.506. The average molecular weight is 374 g/mol. The van der Waals surface area contributed by atoms with Crippen molar-refractivity contribution in [2.24, 2.45) is 11.1 Å². The van der Waals surface area contributed by atoms with Crippen LogP contribution >= 0.6 is 12.4 Å². The topological polar surface area (TPSA) is 120 Å². The Hall–Kier alpha value is -1.35. The number of ether oxygens (including phenoxy) is 1. The number of piperidine rings is 1. The highest BCUT2D eigenvalue weighted by molar-refractivity contribution is 5.85. The maximum absolute atomic E-state index is 12.5. The largest absolute Gasteiger partial charge is 0.392 e. The van der Waals surface area contributed by atoms with Crippen LogP contribution in [0.5, 0.6) is 0 Å². The SMILES string of the molecule is Cc1cc(N)n(CC(=O)N2CCC3(CC2)[C@H](O)C[C@@H]3OCCN)n1.Cl. The predicted octanol–water partition coefficient (Wildman–Crippen LogP) is -0.0872. The molecule has 1 aromatic heterocycles. The van der Waals surface area contributed by atoms with Crippen molar-refractivity contribution >= 4 is 24.1 Å². The smallest absolute Gasteiger partial charge is 0.244 e. The minimum atomic E-state index is -0.345. The van der Waals surface area contributed by atoms with E-state index in [0.717, 1.165) is 18.5 Å². The van der Waals surface area contributed by atoms with Gasteiger partial charge in [0, 0.05) is 37.5 Å². The number of hydrogen-bond donors (Lipinski definition) is 3. The number of amides is 1. The number of carbonyl (C=O) groups excluding carboxylic acids is 1. The number of halogens is 1. The second kappa shape index (κ2) is 7.90. The maximum Gasteiger partial charge on any atom is 0.244 e. The fourth-order valence-corrected chi connectivity index (χ4v) is 3.92. The molecule has 0 radical (unpaired) electrons. The lowest BCUT2D eigenvalue weighted by molar-refractivity contribution is -0.210. The van der Waals surface area contributed by atoms with Gasteiger partial charge in [0.2, 0.25) is 5.91 Å². The molecule has 0 aromatic carbocycles. The van der Waals surface area contributed by atoms with Crippen molar-refractivity contribution < 1.29 is 14.6 Å². The van der Waals surface area contributed by atoms with E-state index in [9.17, 15) is 9.90 Å². The van der Waals surface area contributed by atoms with Crippen LogP contribution in [0.2, 0.25) is 0 Å². The molecular weight excluding hydrogens is 346 g/mol. The summed E-state index contributed by atoms with van der Waals surface area (Å²) in [5, 5.41) is 14.5. The summed E-state index contributed by atoms with van der Waals surface area (Å²) in [6.07, 6.45) is 1.88. The quantitative estimate of drug-likeness (QED) is 0.663. The van der Waals surface area contributed by atoms with E-state index in [2.05, 4.69) is 5.10 Å². The van der Waals surface area contributed by atoms with Crippen molar-refractivity contribution in [1.82, 2.24) is 14.7 Å². The molecule has 5 N–H and O–H groups in total. The monoisotopic (exact) mass is 373 g/mol. The number of nitrogen functional groups attached to an aromatic ring is 1. The van der Waals surface area contributed by atoms with Crippen LogP contribution in [0.25, 0.3) is 0 Å². The van der Waals surface area contributed by atoms with Gasteiger partial charge < -0.3 is 26.2 Å². The lowest BCUT2D eigenvalue weighted by atomic mass is 9.58. The van der Waals surface area contributed by atoms with Crippen LogP contribution in [-0.2, 0) is 16.1 Å². The summed E-state index contributed by atoms with van der Waals surface area (Å²) < 4.78 is 7.32. The molecule has 25 heavy (non-hydrogen) atoms. The second-order valence-electron chi connectivity index (χ2n) is 6.88. The molecular formula is C16H28ClN5O3. The minimum Gasteiger partial charge on any atom is -0.392 e. The van der Waals surface area contributed by atoms with Crippen LogP contribution in [-0.4, -0.2) is 64.1 Å². The van der Waals surface area contributed by atoms with Crippen LogP contribution in [0, 0.1) is 12.3 Å². The Morgan fingerprint density at radius 1 is 1.48 bits per heavy atom. The number of aromatic nitrogens is 2. The highest BCUT2D eigenvalue weighted by Gasteiger charge is 2.56. The summed E-state index contributed by atoms with van der Waals surface area (Å²) in [7, 11) is 0. The zero-order valence-corrected chi connectivity index (χ0v) is 15.4. The van der Waals surface area contributed by atoms with E-state index in [0.29, 0.717) is 38.5 Å². The van der Waals surface area contributed by atoms with Crippen LogP contribution in [0.1, 0.15) is 25.0 Å². The van der Waals surface area contributed by atoms with Gasteiger partial charge in [-0.05, 0) is 19.8 Å². The van der Waals surface area contributed by atoms with Gasteiger partial charge in [-0.3, -0.25) is 4.79 Å². The number of anilines is 1. The summed E-state index contributed by atoms with van der Waals surface area (Å²) in [6.45, 7) is 4.25. The third kappa shape index (κ3) is 3.76. The first-order valence-corrected chi connectivity index (χ1v) is 8.53. The van der Waals surface area contributed by atoms with Crippen molar-refractivity contribution in [3.05, 3.63) is 11.8 Å². The first-order chi connectivity index (χ1) is 11.5. The molecule has 1 aromatic rings. The molecule has 0 unspecified atom stereocenters. The number of rotatable bonds is 5. The highest BCUT2D eigenvalue weighted by Crippen LogP contribution is 2.50. The van der Waals surface area contributed by atoms with E-state index in [1.807, 2.05) is 11.8 Å². The normalized spacial score (nSPS) is 24.7. The number of hydrogen-bond acceptors (Lipinski definition) is 6. The molecule has 1 spiro atoms. The Balaban J connectivity index is 0.00000225. The summed E-state index contributed by atoms with van der Waals surface area (Å²) >= 11 is 0. The van der Waals surface area contributed by atoms with Gasteiger partial charge >= 0.3 is 0 Å². The molecule has 2 fully saturated rings. The fraction of sp³-hybridized carbons (Fsp3) is 0.750. The number of aryl methyl sites for hydroxylation is 1. The van der Waals surface area contributed by atoms with Gasteiger partial charge in [0.1, 0.15) is 12.4 Å². The molecule has 8 nitrogen and oxygen atoms in total. The Kier molecular flexibility index (Phi) is 6.31. The van der Waals surface area contributed by atoms with Gasteiger partial charge in [-0.15, -0.1) is 12.4 Å². The molecule has 1 saturated heterocycles. The molecule has 1 aliphatic carbocycles. The second-order valence-corrected chi connectivity index (χ2v) is 6.88. The lowest BCUT2D eigenvalue weighted by Crippen LogP contribution is -2.63. The van der Waals surface area contributed by atoms with Gasteiger partial charge in [0.25, 0.3) is 0 Å². The first-order valence-electron chi connectivity index (χ1n) is 8.53.